The number of carbonyl (C=O) groups excluding carboxylic acids is 1. The molecule has 4 heteroatoms. The van der Waals surface area contributed by atoms with Gasteiger partial charge >= 0.3 is 0 Å². The van der Waals surface area contributed by atoms with Gasteiger partial charge in [0.1, 0.15) is 0 Å². The Morgan fingerprint density at radius 1 is 1.29 bits per heavy atom. The maximum Gasteiger partial charge on any atom is 0.237 e. The largest absolute Gasteiger partial charge is 0.352 e. The molecule has 1 aliphatic carbocycles. The second-order valence-electron chi connectivity index (χ2n) is 5.86. The van der Waals surface area contributed by atoms with Crippen LogP contribution in [0.4, 0.5) is 0 Å². The predicted octanol–water partition coefficient (Wildman–Crippen LogP) is 2.91. The summed E-state index contributed by atoms with van der Waals surface area (Å²) < 4.78 is 0. The number of nitrogens with two attached hydrogens (primary N) is 1. The number of rotatable bonds is 6. The van der Waals surface area contributed by atoms with Crippen molar-refractivity contribution in [2.45, 2.75) is 50.1 Å². The Labute approximate surface area is 132 Å². The van der Waals surface area contributed by atoms with Crippen molar-refractivity contribution in [3.8, 4) is 0 Å². The van der Waals surface area contributed by atoms with Crippen molar-refractivity contribution in [1.29, 1.82) is 0 Å². The minimum atomic E-state index is -0.357. The Hall–Kier alpha value is -1.00. The van der Waals surface area contributed by atoms with Gasteiger partial charge in [-0.2, -0.15) is 11.8 Å². The quantitative estimate of drug-likeness (QED) is 0.849. The molecule has 3 nitrogen and oxygen atoms in total. The Kier molecular flexibility index (Phi) is 6.58. The van der Waals surface area contributed by atoms with Crippen LogP contribution in [0, 0.1) is 0 Å². The fourth-order valence-electron chi connectivity index (χ4n) is 2.98. The predicted molar refractivity (Wildman–Crippen MR) is 90.6 cm³/mol. The van der Waals surface area contributed by atoms with E-state index in [1.54, 1.807) is 11.8 Å². The maximum absolute atomic E-state index is 12.0. The summed E-state index contributed by atoms with van der Waals surface area (Å²) in [6.07, 6.45) is 7.20. The van der Waals surface area contributed by atoms with Crippen molar-refractivity contribution in [2.24, 2.45) is 5.73 Å². The Morgan fingerprint density at radius 2 is 1.95 bits per heavy atom. The van der Waals surface area contributed by atoms with Crippen molar-refractivity contribution in [3.05, 3.63) is 35.9 Å². The number of carbonyl (C=O) groups is 1. The normalized spacial score (nSPS) is 23.5. The molecule has 0 saturated heterocycles. The summed E-state index contributed by atoms with van der Waals surface area (Å²) in [5.41, 5.74) is 7.34. The zero-order valence-corrected chi connectivity index (χ0v) is 13.6. The van der Waals surface area contributed by atoms with E-state index in [9.17, 15) is 4.79 Å². The molecule has 1 aromatic carbocycles. The molecule has 3 N–H and O–H groups in total. The molecule has 1 fully saturated rings. The third-order valence-corrected chi connectivity index (χ3v) is 4.96. The highest BCUT2D eigenvalue weighted by molar-refractivity contribution is 7.98. The van der Waals surface area contributed by atoms with E-state index in [2.05, 4.69) is 35.6 Å². The Morgan fingerprint density at radius 3 is 2.57 bits per heavy atom. The van der Waals surface area contributed by atoms with E-state index in [0.717, 1.165) is 37.9 Å². The van der Waals surface area contributed by atoms with Crippen molar-refractivity contribution in [3.63, 3.8) is 0 Å². The molecule has 2 rings (SSSR count). The lowest BCUT2D eigenvalue weighted by Gasteiger charge is -2.30. The minimum Gasteiger partial charge on any atom is -0.352 e. The van der Waals surface area contributed by atoms with Gasteiger partial charge in [-0.25, -0.2) is 0 Å². The average molecular weight is 306 g/mol. The monoisotopic (exact) mass is 306 g/mol. The summed E-state index contributed by atoms with van der Waals surface area (Å²) in [5.74, 6) is 1.60. The number of thioether (sulfide) groups is 1. The number of hydrogen-bond donors (Lipinski definition) is 2. The van der Waals surface area contributed by atoms with Gasteiger partial charge in [-0.15, -0.1) is 0 Å². The van der Waals surface area contributed by atoms with E-state index in [0.29, 0.717) is 12.0 Å². The van der Waals surface area contributed by atoms with Crippen LogP contribution in [0.25, 0.3) is 0 Å². The van der Waals surface area contributed by atoms with Gasteiger partial charge in [0, 0.05) is 6.04 Å². The van der Waals surface area contributed by atoms with Crippen LogP contribution in [0.5, 0.6) is 0 Å². The minimum absolute atomic E-state index is 0.0206. The summed E-state index contributed by atoms with van der Waals surface area (Å²) in [6.45, 7) is 0. The van der Waals surface area contributed by atoms with E-state index in [-0.39, 0.29) is 11.9 Å². The zero-order chi connectivity index (χ0) is 15.1. The number of hydrogen-bond acceptors (Lipinski definition) is 3. The molecule has 0 radical (unpaired) electrons. The fourth-order valence-corrected chi connectivity index (χ4v) is 3.47. The topological polar surface area (TPSA) is 55.1 Å². The van der Waals surface area contributed by atoms with Crippen LogP contribution in [-0.2, 0) is 4.79 Å². The van der Waals surface area contributed by atoms with Crippen LogP contribution in [0.1, 0.15) is 43.6 Å². The highest BCUT2D eigenvalue weighted by Gasteiger charge is 2.24. The molecule has 1 saturated carbocycles. The molecule has 116 valence electrons. The van der Waals surface area contributed by atoms with Gasteiger partial charge in [0.2, 0.25) is 5.91 Å². The van der Waals surface area contributed by atoms with E-state index in [4.69, 9.17) is 5.73 Å². The standard InChI is InChI=1S/C17H26N2OS/c1-21-12-11-16(18)17(20)19-15-9-7-14(8-10-15)13-5-3-2-4-6-13/h2-6,14-16H,7-12,18H2,1H3,(H,19,20)/t14?,15?,16-/m1/s1. The van der Waals surface area contributed by atoms with Crippen LogP contribution < -0.4 is 11.1 Å². The molecule has 21 heavy (non-hydrogen) atoms. The van der Waals surface area contributed by atoms with E-state index >= 15 is 0 Å². The molecule has 0 heterocycles. The van der Waals surface area contributed by atoms with E-state index in [1.807, 2.05) is 6.26 Å². The summed E-state index contributed by atoms with van der Waals surface area (Å²) in [7, 11) is 0. The maximum atomic E-state index is 12.0. The summed E-state index contributed by atoms with van der Waals surface area (Å²) in [5, 5.41) is 3.13. The third kappa shape index (κ3) is 5.04. The van der Waals surface area contributed by atoms with Crippen LogP contribution in [-0.4, -0.2) is 30.0 Å². The molecule has 0 unspecified atom stereocenters. The van der Waals surface area contributed by atoms with E-state index < -0.39 is 0 Å². The Balaban J connectivity index is 1.75. The van der Waals surface area contributed by atoms with Crippen LogP contribution in [0.3, 0.4) is 0 Å². The first-order valence-corrected chi connectivity index (χ1v) is 9.20. The second-order valence-corrected chi connectivity index (χ2v) is 6.84. The van der Waals surface area contributed by atoms with Crippen LogP contribution in [0.15, 0.2) is 30.3 Å². The lowest BCUT2D eigenvalue weighted by atomic mass is 9.81. The summed E-state index contributed by atoms with van der Waals surface area (Å²) in [6, 6.07) is 10.6. The molecular formula is C17H26N2OS. The van der Waals surface area contributed by atoms with Crippen molar-refractivity contribution < 1.29 is 4.79 Å². The van der Waals surface area contributed by atoms with Gasteiger partial charge in [-0.3, -0.25) is 4.79 Å². The highest BCUT2D eigenvalue weighted by atomic mass is 32.2. The summed E-state index contributed by atoms with van der Waals surface area (Å²) in [4.78, 5) is 12.0. The van der Waals surface area contributed by atoms with Gasteiger partial charge in [-0.05, 0) is 55.6 Å². The van der Waals surface area contributed by atoms with Crippen molar-refractivity contribution in [1.82, 2.24) is 5.32 Å². The molecule has 0 bridgehead atoms. The van der Waals surface area contributed by atoms with Gasteiger partial charge in [-0.1, -0.05) is 30.3 Å². The van der Waals surface area contributed by atoms with Gasteiger partial charge < -0.3 is 11.1 Å². The molecule has 0 spiro atoms. The van der Waals surface area contributed by atoms with Gasteiger partial charge in [0.05, 0.1) is 6.04 Å². The fraction of sp³-hybridized carbons (Fsp3) is 0.588. The first-order valence-electron chi connectivity index (χ1n) is 7.80. The number of benzene rings is 1. The van der Waals surface area contributed by atoms with Crippen molar-refractivity contribution >= 4 is 17.7 Å². The van der Waals surface area contributed by atoms with Crippen molar-refractivity contribution in [2.75, 3.05) is 12.0 Å². The smallest absolute Gasteiger partial charge is 0.237 e. The molecule has 1 aliphatic rings. The number of amides is 1. The lowest BCUT2D eigenvalue weighted by molar-refractivity contribution is -0.123. The molecule has 0 aliphatic heterocycles. The van der Waals surface area contributed by atoms with Gasteiger partial charge in [0.15, 0.2) is 0 Å². The number of nitrogens with one attached hydrogen (secondary N) is 1. The first kappa shape index (κ1) is 16.4. The molecule has 1 atom stereocenters. The third-order valence-electron chi connectivity index (χ3n) is 4.31. The van der Waals surface area contributed by atoms with Crippen LogP contribution in [0.2, 0.25) is 0 Å². The average Bonchev–Trinajstić information content (AvgIpc) is 2.54. The van der Waals surface area contributed by atoms with Gasteiger partial charge in [0.25, 0.3) is 0 Å². The molecule has 1 aromatic rings. The molecule has 0 aromatic heterocycles. The first-order chi connectivity index (χ1) is 10.2. The lowest BCUT2D eigenvalue weighted by Crippen LogP contribution is -2.46. The highest BCUT2D eigenvalue weighted by Crippen LogP contribution is 2.32. The zero-order valence-electron chi connectivity index (χ0n) is 12.8. The van der Waals surface area contributed by atoms with E-state index in [1.165, 1.54) is 5.56 Å². The van der Waals surface area contributed by atoms with Crippen LogP contribution >= 0.6 is 11.8 Å². The summed E-state index contributed by atoms with van der Waals surface area (Å²) >= 11 is 1.73. The molecule has 1 amide bonds. The Bertz CT molecular complexity index is 430. The molecular weight excluding hydrogens is 280 g/mol. The SMILES string of the molecule is CSCC[C@@H](N)C(=O)NC1CCC(c2ccccc2)CC1. The second kappa shape index (κ2) is 8.44.